The van der Waals surface area contributed by atoms with Crippen LogP contribution in [-0.2, 0) is 50.7 Å². The zero-order valence-electron chi connectivity index (χ0n) is 29.3. The van der Waals surface area contributed by atoms with Crippen molar-refractivity contribution >= 4 is 69.1 Å². The van der Waals surface area contributed by atoms with Gasteiger partial charge < -0.3 is 56.0 Å². The summed E-state index contributed by atoms with van der Waals surface area (Å²) in [4.78, 5) is 87.1. The van der Waals surface area contributed by atoms with Crippen LogP contribution in [0, 0.1) is 5.41 Å². The molecule has 3 heterocycles. The highest BCUT2D eigenvalue weighted by atomic mass is 32.2. The third-order valence-electron chi connectivity index (χ3n) is 7.36. The number of nitrogen functional groups attached to an aromatic ring is 1. The molecule has 310 valence electrons. The summed E-state index contributed by atoms with van der Waals surface area (Å²) in [5, 5.41) is 35.3. The van der Waals surface area contributed by atoms with Gasteiger partial charge >= 0.3 is 23.5 Å². The van der Waals surface area contributed by atoms with Crippen molar-refractivity contribution in [2.75, 3.05) is 37.8 Å². The molecule has 1 aliphatic heterocycles. The number of aliphatic hydroxyl groups excluding tert-OH is 3. The average Bonchev–Trinajstić information content (AvgIpc) is 3.64. The highest BCUT2D eigenvalue weighted by Crippen LogP contribution is 2.61. The number of aromatic nitrogens is 4. The van der Waals surface area contributed by atoms with Gasteiger partial charge in [0.15, 0.2) is 17.7 Å². The second-order valence-corrected chi connectivity index (χ2v) is 17.5. The molecule has 1 fully saturated rings. The Morgan fingerprint density at radius 3 is 2.40 bits per heavy atom. The van der Waals surface area contributed by atoms with E-state index in [1.807, 2.05) is 0 Å². The summed E-state index contributed by atoms with van der Waals surface area (Å²) in [5.74, 6) is -1.37. The van der Waals surface area contributed by atoms with Gasteiger partial charge in [0.1, 0.15) is 42.4 Å². The molecule has 0 saturated carbocycles. The monoisotopic (exact) mass is 865 g/mol. The lowest BCUT2D eigenvalue weighted by molar-refractivity contribution is -0.137. The number of carbonyl (C=O) groups excluding carboxylic acids is 3. The number of phosphoric acid groups is 3. The van der Waals surface area contributed by atoms with Gasteiger partial charge in [-0.25, -0.2) is 28.6 Å². The molecule has 2 aromatic heterocycles. The highest BCUT2D eigenvalue weighted by Gasteiger charge is 2.50. The predicted molar refractivity (Wildman–Crippen MR) is 188 cm³/mol. The molecular formula is C26H42N7O18P3S. The normalized spacial score (nSPS) is 22.6. The van der Waals surface area contributed by atoms with Crippen molar-refractivity contribution < 1.29 is 85.6 Å². The van der Waals surface area contributed by atoms with E-state index in [9.17, 15) is 63.0 Å². The van der Waals surface area contributed by atoms with Crippen LogP contribution < -0.4 is 16.4 Å². The van der Waals surface area contributed by atoms with Gasteiger partial charge in [-0.15, -0.1) is 0 Å². The van der Waals surface area contributed by atoms with Crippen LogP contribution >= 0.6 is 35.2 Å². The fourth-order valence-electron chi connectivity index (χ4n) is 4.63. The lowest BCUT2D eigenvalue weighted by atomic mass is 9.87. The van der Waals surface area contributed by atoms with E-state index >= 15 is 0 Å². The van der Waals surface area contributed by atoms with E-state index in [2.05, 4.69) is 34.4 Å². The van der Waals surface area contributed by atoms with E-state index in [1.165, 1.54) is 26.0 Å². The van der Waals surface area contributed by atoms with Crippen molar-refractivity contribution in [1.29, 1.82) is 0 Å². The Morgan fingerprint density at radius 2 is 1.75 bits per heavy atom. The summed E-state index contributed by atoms with van der Waals surface area (Å²) in [7, 11) is -16.4. The number of carbonyl (C=O) groups is 3. The van der Waals surface area contributed by atoms with Crippen LogP contribution in [-0.4, -0.2) is 134 Å². The third kappa shape index (κ3) is 14.0. The van der Waals surface area contributed by atoms with Crippen molar-refractivity contribution in [1.82, 2.24) is 30.2 Å². The number of aliphatic hydroxyl groups is 3. The van der Waals surface area contributed by atoms with Crippen LogP contribution in [0.25, 0.3) is 11.2 Å². The Kier molecular flexibility index (Phi) is 16.6. The first kappa shape index (κ1) is 46.6. The predicted octanol–water partition coefficient (Wildman–Crippen LogP) is -1.40. The number of hydrogen-bond acceptors (Lipinski definition) is 19. The number of allylic oxidation sites excluding steroid dienone is 1. The first-order valence-electron chi connectivity index (χ1n) is 15.8. The number of amides is 2. The Bertz CT molecular complexity index is 1850. The molecule has 1 aliphatic rings. The Morgan fingerprint density at radius 1 is 1.07 bits per heavy atom. The van der Waals surface area contributed by atoms with Gasteiger partial charge in [0.25, 0.3) is 0 Å². The van der Waals surface area contributed by atoms with Gasteiger partial charge in [-0.2, -0.15) is 4.31 Å². The van der Waals surface area contributed by atoms with Crippen LogP contribution in [0.15, 0.2) is 24.8 Å². The van der Waals surface area contributed by atoms with E-state index in [0.29, 0.717) is 0 Å². The maximum Gasteiger partial charge on any atom is 0.481 e. The maximum atomic E-state index is 12.7. The fraction of sp³-hybridized carbons (Fsp3) is 0.615. The topological polar surface area (TPSA) is 384 Å². The molecule has 3 rings (SSSR count). The molecule has 0 spiro atoms. The van der Waals surface area contributed by atoms with Crippen LogP contribution in [0.1, 0.15) is 33.4 Å². The minimum absolute atomic E-state index is 0.0243. The van der Waals surface area contributed by atoms with Gasteiger partial charge in [-0.1, -0.05) is 37.8 Å². The molecule has 11 N–H and O–H groups in total. The molecule has 0 radical (unpaired) electrons. The highest BCUT2D eigenvalue weighted by molar-refractivity contribution is 8.13. The Balaban J connectivity index is 1.50. The number of phosphoric ester groups is 3. The minimum atomic E-state index is -5.58. The number of rotatable bonds is 21. The van der Waals surface area contributed by atoms with Crippen molar-refractivity contribution in [3.05, 3.63) is 24.8 Å². The summed E-state index contributed by atoms with van der Waals surface area (Å²) in [6.07, 6.45) is -5.46. The van der Waals surface area contributed by atoms with Gasteiger partial charge in [0, 0.05) is 30.7 Å². The zero-order chi connectivity index (χ0) is 41.4. The summed E-state index contributed by atoms with van der Waals surface area (Å²) in [5.41, 5.74) is 4.22. The number of fused-ring (bicyclic) bond motifs is 1. The first-order valence-corrected chi connectivity index (χ1v) is 21.3. The number of hydrogen-bond donors (Lipinski definition) is 10. The van der Waals surface area contributed by atoms with Crippen molar-refractivity contribution in [3.8, 4) is 0 Å². The zero-order valence-corrected chi connectivity index (χ0v) is 32.8. The summed E-state index contributed by atoms with van der Waals surface area (Å²) >= 11 is 0.817. The largest absolute Gasteiger partial charge is 0.481 e. The Hall–Kier alpha value is -2.74. The number of imidazole rings is 1. The third-order valence-corrected chi connectivity index (χ3v) is 11.4. The lowest BCUT2D eigenvalue weighted by Gasteiger charge is -2.30. The van der Waals surface area contributed by atoms with Gasteiger partial charge in [0.05, 0.1) is 19.5 Å². The maximum absolute atomic E-state index is 12.7. The molecule has 1 saturated heterocycles. The number of nitrogens with two attached hydrogens (primary N) is 1. The molecule has 2 aromatic rings. The number of ether oxygens (including phenoxy) is 1. The second kappa shape index (κ2) is 19.6. The van der Waals surface area contributed by atoms with Gasteiger partial charge in [-0.05, 0) is 6.92 Å². The fourth-order valence-corrected chi connectivity index (χ4v) is 8.11. The Labute approximate surface area is 316 Å². The van der Waals surface area contributed by atoms with E-state index in [1.54, 1.807) is 6.92 Å². The minimum Gasteiger partial charge on any atom is -0.386 e. The molecule has 2 amide bonds. The number of nitrogens with zero attached hydrogens (tertiary/aromatic N) is 4. The van der Waals surface area contributed by atoms with E-state index in [-0.39, 0.29) is 42.2 Å². The van der Waals surface area contributed by atoms with Crippen molar-refractivity contribution in [2.24, 2.45) is 5.41 Å². The molecule has 55 heavy (non-hydrogen) atoms. The molecule has 3 unspecified atom stereocenters. The smallest absolute Gasteiger partial charge is 0.386 e. The van der Waals surface area contributed by atoms with Crippen molar-refractivity contribution in [3.63, 3.8) is 0 Å². The standard InChI is InChI=1S/C26H42N7O18P3S/c1-4-5-14(34)25(39)55-9-8-28-16(35)6-7-29-23(38)20(37)26(2,3)11-48-54(45,46)51-53(43,44)47-10-15-19(50-52(40,41)42)18(36)24(49-15)33-13-32-17-21(27)30-12-31-22(17)33/h4-5,12-15,18-20,24,34,36-37H,6-11H2,1-3H3,(H,28,35)(H,29,38)(H,43,44)(H,45,46)(H2,27,30,31)(H2,40,41,42)/t14?,15-,18-,19-,20+,24-/m1/s1. The van der Waals surface area contributed by atoms with E-state index in [0.717, 1.165) is 29.0 Å². The van der Waals surface area contributed by atoms with Crippen LogP contribution in [0.3, 0.4) is 0 Å². The van der Waals surface area contributed by atoms with E-state index < -0.39 is 95.8 Å². The van der Waals surface area contributed by atoms with Gasteiger partial charge in [0.2, 0.25) is 16.9 Å². The lowest BCUT2D eigenvalue weighted by Crippen LogP contribution is -2.46. The quantitative estimate of drug-likeness (QED) is 0.0392. The molecule has 25 nitrogen and oxygen atoms in total. The van der Waals surface area contributed by atoms with E-state index in [4.69, 9.17) is 19.5 Å². The molecule has 0 aliphatic carbocycles. The first-order chi connectivity index (χ1) is 25.5. The molecule has 0 aromatic carbocycles. The number of thioether (sulfide) groups is 1. The summed E-state index contributed by atoms with van der Waals surface area (Å²) in [6, 6.07) is 0. The molecule has 0 bridgehead atoms. The number of anilines is 1. The van der Waals surface area contributed by atoms with Crippen LogP contribution in [0.2, 0.25) is 0 Å². The second-order valence-electron chi connectivity index (χ2n) is 12.2. The number of nitrogens with one attached hydrogen (secondary N) is 2. The summed E-state index contributed by atoms with van der Waals surface area (Å²) < 4.78 is 62.0. The average molecular weight is 866 g/mol. The van der Waals surface area contributed by atoms with Crippen molar-refractivity contribution in [2.45, 2.75) is 63.9 Å². The summed E-state index contributed by atoms with van der Waals surface area (Å²) in [6.45, 7) is 1.92. The molecule has 8 atom stereocenters. The SMILES string of the molecule is CC=CC(O)C(=O)SCCNC(=O)CCNC(=O)[C@H](O)C(C)(C)COP(=O)(O)OP(=O)(O)OC[C@H]1O[C@@H](n2cnc3c(N)ncnc32)[C@H](O)[C@@H]1OP(=O)(O)O. The van der Waals surface area contributed by atoms with Gasteiger partial charge in [-0.3, -0.25) is 32.5 Å². The molecule has 29 heteroatoms. The molecular weight excluding hydrogens is 823 g/mol. The van der Waals surface area contributed by atoms with Crippen LogP contribution in [0.4, 0.5) is 5.82 Å². The van der Waals surface area contributed by atoms with Crippen LogP contribution in [0.5, 0.6) is 0 Å².